The molecule has 0 aliphatic heterocycles. The van der Waals surface area contributed by atoms with Crippen molar-refractivity contribution in [2.45, 2.75) is 6.04 Å². The molecular weight excluding hydrogens is 159 g/mol. The highest BCUT2D eigenvalue weighted by Crippen LogP contribution is 2.19. The minimum atomic E-state index is -0.558. The van der Waals surface area contributed by atoms with Crippen molar-refractivity contribution in [2.24, 2.45) is 11.5 Å². The zero-order chi connectivity index (χ0) is 9.14. The summed E-state index contributed by atoms with van der Waals surface area (Å²) in [6, 6.07) is 3.16. The molecule has 0 saturated carbocycles. The van der Waals surface area contributed by atoms with Crippen LogP contribution in [0.2, 0.25) is 0 Å². The summed E-state index contributed by atoms with van der Waals surface area (Å²) in [5.41, 5.74) is 11.0. The number of nitrogens with two attached hydrogens (primary N) is 2. The predicted octanol–water partition coefficient (Wildman–Crippen LogP) is 0.490. The van der Waals surface area contributed by atoms with Crippen molar-refractivity contribution in [3.63, 3.8) is 0 Å². The van der Waals surface area contributed by atoms with Crippen molar-refractivity contribution in [3.05, 3.63) is 29.6 Å². The van der Waals surface area contributed by atoms with Crippen LogP contribution in [0.4, 0.5) is 4.39 Å². The Morgan fingerprint density at radius 2 is 2.17 bits per heavy atom. The number of benzene rings is 1. The fourth-order valence-electron chi connectivity index (χ4n) is 0.942. The Kier molecular flexibility index (Phi) is 2.62. The third-order valence-electron chi connectivity index (χ3n) is 1.63. The topological polar surface area (TPSA) is 72.3 Å². The molecule has 1 aromatic rings. The van der Waals surface area contributed by atoms with Crippen LogP contribution in [0, 0.1) is 5.82 Å². The first-order chi connectivity index (χ1) is 5.65. The van der Waals surface area contributed by atoms with Gasteiger partial charge in [0.25, 0.3) is 0 Å². The molecule has 0 fully saturated rings. The lowest BCUT2D eigenvalue weighted by molar-refractivity contribution is 0.469. The van der Waals surface area contributed by atoms with Crippen LogP contribution in [0.5, 0.6) is 5.75 Å². The monoisotopic (exact) mass is 170 g/mol. The second-order valence-corrected chi connectivity index (χ2v) is 2.55. The highest BCUT2D eigenvalue weighted by atomic mass is 19.1. The average molecular weight is 170 g/mol. The Morgan fingerprint density at radius 3 is 2.75 bits per heavy atom. The van der Waals surface area contributed by atoms with E-state index in [2.05, 4.69) is 0 Å². The second-order valence-electron chi connectivity index (χ2n) is 2.55. The Balaban J connectivity index is 3.04. The maximum absolute atomic E-state index is 13.0. The van der Waals surface area contributed by atoms with Crippen LogP contribution in [0.3, 0.4) is 0 Å². The van der Waals surface area contributed by atoms with Crippen molar-refractivity contribution in [2.75, 3.05) is 6.54 Å². The molecule has 0 aromatic heterocycles. The molecule has 1 unspecified atom stereocenters. The summed E-state index contributed by atoms with van der Waals surface area (Å²) in [7, 11) is 0. The minimum absolute atomic E-state index is 0.00435. The standard InChI is InChI=1S/C8H11FN2O/c9-7-2-1-5(12)3-6(7)8(11)4-10/h1-3,8,12H,4,10-11H2. The largest absolute Gasteiger partial charge is 0.508 e. The maximum atomic E-state index is 13.0. The van der Waals surface area contributed by atoms with Crippen LogP contribution in [-0.2, 0) is 0 Å². The molecule has 1 atom stereocenters. The van der Waals surface area contributed by atoms with Gasteiger partial charge in [0.1, 0.15) is 11.6 Å². The van der Waals surface area contributed by atoms with Crippen molar-refractivity contribution < 1.29 is 9.50 Å². The lowest BCUT2D eigenvalue weighted by Crippen LogP contribution is -2.21. The van der Waals surface area contributed by atoms with Gasteiger partial charge in [-0.2, -0.15) is 0 Å². The van der Waals surface area contributed by atoms with Gasteiger partial charge in [-0.3, -0.25) is 0 Å². The van der Waals surface area contributed by atoms with Gasteiger partial charge >= 0.3 is 0 Å². The van der Waals surface area contributed by atoms with Crippen molar-refractivity contribution in [1.29, 1.82) is 0 Å². The van der Waals surface area contributed by atoms with Gasteiger partial charge in [-0.15, -0.1) is 0 Å². The molecule has 0 aliphatic rings. The van der Waals surface area contributed by atoms with Crippen LogP contribution < -0.4 is 11.5 Å². The van der Waals surface area contributed by atoms with Gasteiger partial charge in [-0.05, 0) is 18.2 Å². The van der Waals surface area contributed by atoms with Gasteiger partial charge in [0, 0.05) is 18.2 Å². The summed E-state index contributed by atoms with van der Waals surface area (Å²) in [5.74, 6) is -0.443. The third-order valence-corrected chi connectivity index (χ3v) is 1.63. The normalized spacial score (nSPS) is 12.9. The van der Waals surface area contributed by atoms with Gasteiger partial charge < -0.3 is 16.6 Å². The van der Waals surface area contributed by atoms with Crippen molar-refractivity contribution >= 4 is 0 Å². The van der Waals surface area contributed by atoms with Crippen LogP contribution in [0.1, 0.15) is 11.6 Å². The van der Waals surface area contributed by atoms with Gasteiger partial charge in [0.2, 0.25) is 0 Å². The lowest BCUT2D eigenvalue weighted by atomic mass is 10.1. The molecule has 1 rings (SSSR count). The fourth-order valence-corrected chi connectivity index (χ4v) is 0.942. The van der Waals surface area contributed by atoms with Gasteiger partial charge in [-0.25, -0.2) is 4.39 Å². The Morgan fingerprint density at radius 1 is 1.50 bits per heavy atom. The first-order valence-electron chi connectivity index (χ1n) is 3.59. The lowest BCUT2D eigenvalue weighted by Gasteiger charge is -2.09. The number of hydrogen-bond donors (Lipinski definition) is 3. The Bertz CT molecular complexity index is 278. The maximum Gasteiger partial charge on any atom is 0.128 e. The number of phenolic OH excluding ortho intramolecular Hbond substituents is 1. The average Bonchev–Trinajstić information content (AvgIpc) is 2.08. The molecule has 0 saturated heterocycles. The molecule has 4 heteroatoms. The minimum Gasteiger partial charge on any atom is -0.508 e. The SMILES string of the molecule is NCC(N)c1cc(O)ccc1F. The predicted molar refractivity (Wildman–Crippen MR) is 44.0 cm³/mol. The molecule has 1 aromatic carbocycles. The van der Waals surface area contributed by atoms with Crippen LogP contribution >= 0.6 is 0 Å². The molecule has 0 aliphatic carbocycles. The number of halogens is 1. The number of aromatic hydroxyl groups is 1. The summed E-state index contributed by atoms with van der Waals surface area (Å²) in [6.07, 6.45) is 0. The van der Waals surface area contributed by atoms with E-state index < -0.39 is 11.9 Å². The number of rotatable bonds is 2. The molecule has 5 N–H and O–H groups in total. The quantitative estimate of drug-likeness (QED) is 0.604. The third kappa shape index (κ3) is 1.72. The number of phenols is 1. The van der Waals surface area contributed by atoms with E-state index in [4.69, 9.17) is 16.6 Å². The summed E-state index contributed by atoms with van der Waals surface area (Å²) in [6.45, 7) is 0.153. The molecular formula is C8H11FN2O. The highest BCUT2D eigenvalue weighted by Gasteiger charge is 2.09. The van der Waals surface area contributed by atoms with E-state index in [1.54, 1.807) is 0 Å². The first kappa shape index (κ1) is 8.96. The second kappa shape index (κ2) is 3.51. The molecule has 12 heavy (non-hydrogen) atoms. The fraction of sp³-hybridized carbons (Fsp3) is 0.250. The molecule has 66 valence electrons. The van der Waals surface area contributed by atoms with Crippen LogP contribution in [0.25, 0.3) is 0 Å². The zero-order valence-electron chi connectivity index (χ0n) is 6.50. The summed E-state index contributed by atoms with van der Waals surface area (Å²) in [5, 5.41) is 9.02. The molecule has 0 spiro atoms. The van der Waals surface area contributed by atoms with Gasteiger partial charge in [0.15, 0.2) is 0 Å². The molecule has 0 amide bonds. The Hall–Kier alpha value is -1.13. The summed E-state index contributed by atoms with van der Waals surface area (Å²) >= 11 is 0. The molecule has 3 nitrogen and oxygen atoms in total. The van der Waals surface area contributed by atoms with E-state index >= 15 is 0 Å². The number of hydrogen-bond acceptors (Lipinski definition) is 3. The first-order valence-corrected chi connectivity index (χ1v) is 3.59. The van der Waals surface area contributed by atoms with E-state index in [1.807, 2.05) is 0 Å². The highest BCUT2D eigenvalue weighted by molar-refractivity contribution is 5.30. The van der Waals surface area contributed by atoms with Crippen LogP contribution in [0.15, 0.2) is 18.2 Å². The zero-order valence-corrected chi connectivity index (χ0v) is 6.50. The summed E-state index contributed by atoms with van der Waals surface area (Å²) in [4.78, 5) is 0. The van der Waals surface area contributed by atoms with Gasteiger partial charge in [-0.1, -0.05) is 0 Å². The van der Waals surface area contributed by atoms with Crippen LogP contribution in [-0.4, -0.2) is 11.7 Å². The van der Waals surface area contributed by atoms with Crippen molar-refractivity contribution in [3.8, 4) is 5.75 Å². The van der Waals surface area contributed by atoms with Gasteiger partial charge in [0.05, 0.1) is 0 Å². The van der Waals surface area contributed by atoms with E-state index in [-0.39, 0.29) is 17.9 Å². The van der Waals surface area contributed by atoms with E-state index in [0.717, 1.165) is 0 Å². The van der Waals surface area contributed by atoms with E-state index in [1.165, 1.54) is 18.2 Å². The molecule has 0 radical (unpaired) electrons. The van der Waals surface area contributed by atoms with Crippen molar-refractivity contribution in [1.82, 2.24) is 0 Å². The smallest absolute Gasteiger partial charge is 0.128 e. The van der Waals surface area contributed by atoms with E-state index in [9.17, 15) is 4.39 Å². The molecule has 0 heterocycles. The van der Waals surface area contributed by atoms with E-state index in [0.29, 0.717) is 0 Å². The Labute approximate surface area is 69.8 Å². The molecule has 0 bridgehead atoms. The summed E-state index contributed by atoms with van der Waals surface area (Å²) < 4.78 is 13.0.